The lowest BCUT2D eigenvalue weighted by Crippen LogP contribution is -2.18. The summed E-state index contributed by atoms with van der Waals surface area (Å²) < 4.78 is 29.1. The monoisotopic (exact) mass is 426 g/mol. The van der Waals surface area contributed by atoms with E-state index in [1.165, 1.54) is 0 Å². The fourth-order valence-corrected chi connectivity index (χ4v) is 6.03. The number of hydrogen-bond donors (Lipinski definition) is 1. The van der Waals surface area contributed by atoms with Crippen LogP contribution >= 0.6 is 0 Å². The van der Waals surface area contributed by atoms with Gasteiger partial charge in [-0.3, -0.25) is 9.48 Å². The summed E-state index contributed by atoms with van der Waals surface area (Å²) in [5.74, 6) is 0.393. The predicted octanol–water partition coefficient (Wildman–Crippen LogP) is 3.80. The third-order valence-corrected chi connectivity index (χ3v) is 8.10. The zero-order valence-corrected chi connectivity index (χ0v) is 18.2. The van der Waals surface area contributed by atoms with Crippen molar-refractivity contribution in [1.29, 1.82) is 0 Å². The molecule has 1 N–H and O–H groups in total. The average molecular weight is 427 g/mol. The first kappa shape index (κ1) is 20.4. The van der Waals surface area contributed by atoms with Crippen molar-refractivity contribution in [3.8, 4) is 5.82 Å². The fraction of sp³-hybridized carbons (Fsp3) is 0.364. The normalized spacial score (nSPS) is 14.9. The molecule has 3 aromatic rings. The van der Waals surface area contributed by atoms with Crippen LogP contribution in [0.1, 0.15) is 47.4 Å². The number of hydrogen-bond acceptors (Lipinski definition) is 4. The highest BCUT2D eigenvalue weighted by Gasteiger charge is 2.30. The van der Waals surface area contributed by atoms with Gasteiger partial charge in [-0.05, 0) is 63.1 Å². The molecule has 30 heavy (non-hydrogen) atoms. The van der Waals surface area contributed by atoms with Crippen molar-refractivity contribution < 1.29 is 13.2 Å². The van der Waals surface area contributed by atoms with Crippen LogP contribution in [0.4, 0.5) is 5.69 Å². The summed E-state index contributed by atoms with van der Waals surface area (Å²) in [4.78, 5) is 13.3. The molecule has 0 radical (unpaired) electrons. The van der Waals surface area contributed by atoms with E-state index >= 15 is 0 Å². The van der Waals surface area contributed by atoms with Crippen LogP contribution in [0.15, 0.2) is 47.5 Å². The van der Waals surface area contributed by atoms with E-state index in [9.17, 15) is 13.2 Å². The number of anilines is 1. The first-order valence-corrected chi connectivity index (χ1v) is 11.7. The molecule has 0 atom stereocenters. The van der Waals surface area contributed by atoms with E-state index in [2.05, 4.69) is 10.4 Å². The van der Waals surface area contributed by atoms with Crippen molar-refractivity contribution in [3.05, 3.63) is 59.5 Å². The summed E-state index contributed by atoms with van der Waals surface area (Å²) >= 11 is 0. The smallest absolute Gasteiger partial charge is 0.261 e. The van der Waals surface area contributed by atoms with E-state index in [-0.39, 0.29) is 11.2 Å². The molecule has 2 heterocycles. The number of carbonyl (C=O) groups is 1. The molecule has 7 nitrogen and oxygen atoms in total. The van der Waals surface area contributed by atoms with Crippen molar-refractivity contribution in [3.63, 3.8) is 0 Å². The molecular weight excluding hydrogens is 400 g/mol. The average Bonchev–Trinajstić information content (AvgIpc) is 3.44. The highest BCUT2D eigenvalue weighted by Crippen LogP contribution is 2.30. The molecule has 0 unspecified atom stereocenters. The zero-order chi connectivity index (χ0) is 21.5. The third-order valence-electron chi connectivity index (χ3n) is 5.82. The Balaban J connectivity index is 1.57. The minimum absolute atomic E-state index is 0.288. The molecule has 0 bridgehead atoms. The lowest BCUT2D eigenvalue weighted by Gasteiger charge is -2.13. The van der Waals surface area contributed by atoms with Crippen LogP contribution in [0.25, 0.3) is 5.82 Å². The summed E-state index contributed by atoms with van der Waals surface area (Å²) in [5, 5.41) is 6.84. The van der Waals surface area contributed by atoms with Gasteiger partial charge >= 0.3 is 0 Å². The number of nitrogens with one attached hydrogen (secondary N) is 1. The van der Waals surface area contributed by atoms with E-state index in [1.807, 2.05) is 30.5 Å². The van der Waals surface area contributed by atoms with E-state index in [0.29, 0.717) is 22.0 Å². The maximum atomic E-state index is 13.0. The molecule has 1 aliphatic carbocycles. The number of amides is 1. The van der Waals surface area contributed by atoms with Crippen LogP contribution in [-0.4, -0.2) is 33.9 Å². The molecule has 1 aromatic carbocycles. The van der Waals surface area contributed by atoms with Crippen LogP contribution in [-0.2, 0) is 16.9 Å². The Morgan fingerprint density at radius 3 is 2.23 bits per heavy atom. The van der Waals surface area contributed by atoms with Crippen molar-refractivity contribution in [2.75, 3.05) is 5.32 Å². The SMILES string of the molecule is Cc1ccc(C)n1-c1c(C(=O)Nc2ccc(S(=O)(=O)C3CCCC3)cc2)cnn1C. The first-order chi connectivity index (χ1) is 14.3. The number of aryl methyl sites for hydroxylation is 3. The highest BCUT2D eigenvalue weighted by molar-refractivity contribution is 7.92. The Morgan fingerprint density at radius 2 is 1.63 bits per heavy atom. The van der Waals surface area contributed by atoms with Crippen molar-refractivity contribution >= 4 is 21.4 Å². The summed E-state index contributed by atoms with van der Waals surface area (Å²) in [6, 6.07) is 10.4. The van der Waals surface area contributed by atoms with Gasteiger partial charge in [0.25, 0.3) is 5.91 Å². The van der Waals surface area contributed by atoms with Gasteiger partial charge in [-0.2, -0.15) is 5.10 Å². The number of aromatic nitrogens is 3. The Bertz CT molecular complexity index is 1160. The Labute approximate surface area is 176 Å². The largest absolute Gasteiger partial charge is 0.322 e. The second-order valence-corrected chi connectivity index (χ2v) is 10.1. The van der Waals surface area contributed by atoms with E-state index in [1.54, 1.807) is 42.2 Å². The molecule has 0 spiro atoms. The number of rotatable bonds is 5. The second-order valence-electron chi connectivity index (χ2n) is 7.89. The molecule has 1 fully saturated rings. The maximum absolute atomic E-state index is 13.0. The van der Waals surface area contributed by atoms with Gasteiger partial charge in [0, 0.05) is 24.1 Å². The Morgan fingerprint density at radius 1 is 1.03 bits per heavy atom. The van der Waals surface area contributed by atoms with Gasteiger partial charge in [0.1, 0.15) is 11.4 Å². The summed E-state index contributed by atoms with van der Waals surface area (Å²) in [6.07, 6.45) is 4.92. The molecule has 1 aliphatic rings. The van der Waals surface area contributed by atoms with Gasteiger partial charge in [0.05, 0.1) is 16.3 Å². The maximum Gasteiger partial charge on any atom is 0.261 e. The topological polar surface area (TPSA) is 86.0 Å². The van der Waals surface area contributed by atoms with Crippen molar-refractivity contribution in [1.82, 2.24) is 14.3 Å². The number of benzene rings is 1. The first-order valence-electron chi connectivity index (χ1n) is 10.1. The van der Waals surface area contributed by atoms with Crippen LogP contribution < -0.4 is 5.32 Å². The Kier molecular flexibility index (Phi) is 5.27. The van der Waals surface area contributed by atoms with Gasteiger partial charge in [-0.15, -0.1) is 0 Å². The van der Waals surface area contributed by atoms with Gasteiger partial charge in [-0.1, -0.05) is 12.8 Å². The minimum atomic E-state index is -3.31. The number of nitrogens with zero attached hydrogens (tertiary/aromatic N) is 3. The van der Waals surface area contributed by atoms with Crippen molar-refractivity contribution in [2.24, 2.45) is 7.05 Å². The van der Waals surface area contributed by atoms with Gasteiger partial charge < -0.3 is 9.88 Å². The lowest BCUT2D eigenvalue weighted by molar-refractivity contribution is 0.102. The fourth-order valence-electron chi connectivity index (χ4n) is 4.18. The van der Waals surface area contributed by atoms with Gasteiger partial charge in [-0.25, -0.2) is 8.42 Å². The molecule has 8 heteroatoms. The van der Waals surface area contributed by atoms with Crippen LogP contribution in [0.5, 0.6) is 0 Å². The van der Waals surface area contributed by atoms with E-state index in [0.717, 1.165) is 37.1 Å². The molecule has 0 saturated heterocycles. The summed E-state index contributed by atoms with van der Waals surface area (Å²) in [5.41, 5.74) is 3.00. The quantitative estimate of drug-likeness (QED) is 0.672. The lowest BCUT2D eigenvalue weighted by atomic mass is 10.2. The summed E-state index contributed by atoms with van der Waals surface area (Å²) in [6.45, 7) is 3.95. The Hall–Kier alpha value is -2.87. The van der Waals surface area contributed by atoms with Crippen LogP contribution in [0.2, 0.25) is 0 Å². The molecule has 0 aliphatic heterocycles. The second kappa shape index (κ2) is 7.75. The third kappa shape index (κ3) is 3.56. The summed E-state index contributed by atoms with van der Waals surface area (Å²) in [7, 11) is -1.51. The number of carbonyl (C=O) groups excluding carboxylic acids is 1. The molecule has 1 saturated carbocycles. The molecule has 158 valence electrons. The molecule has 4 rings (SSSR count). The van der Waals surface area contributed by atoms with Gasteiger partial charge in [0.2, 0.25) is 0 Å². The van der Waals surface area contributed by atoms with Crippen LogP contribution in [0, 0.1) is 13.8 Å². The minimum Gasteiger partial charge on any atom is -0.322 e. The molecule has 2 aromatic heterocycles. The molecular formula is C22H26N4O3S. The standard InChI is InChI=1S/C22H26N4O3S/c1-15-8-9-16(2)26(15)22-20(14-23-25(22)3)21(27)24-17-10-12-19(13-11-17)30(28,29)18-6-4-5-7-18/h8-14,18H,4-7H2,1-3H3,(H,24,27). The van der Waals surface area contributed by atoms with Crippen LogP contribution in [0.3, 0.4) is 0 Å². The van der Waals surface area contributed by atoms with Gasteiger partial charge in [0.15, 0.2) is 9.84 Å². The predicted molar refractivity (Wildman–Crippen MR) is 116 cm³/mol. The number of sulfone groups is 1. The highest BCUT2D eigenvalue weighted by atomic mass is 32.2. The molecule has 1 amide bonds. The zero-order valence-electron chi connectivity index (χ0n) is 17.4. The van der Waals surface area contributed by atoms with E-state index < -0.39 is 9.84 Å². The van der Waals surface area contributed by atoms with Crippen molar-refractivity contribution in [2.45, 2.75) is 49.7 Å². The van der Waals surface area contributed by atoms with E-state index in [4.69, 9.17) is 0 Å².